The highest BCUT2D eigenvalue weighted by Crippen LogP contribution is 2.47. The van der Waals surface area contributed by atoms with Crippen molar-refractivity contribution in [2.45, 2.75) is 43.7 Å². The molecule has 0 aliphatic heterocycles. The second-order valence-corrected chi connectivity index (χ2v) is 6.57. The minimum atomic E-state index is -0.498. The van der Waals surface area contributed by atoms with Crippen LogP contribution in [0.3, 0.4) is 0 Å². The zero-order chi connectivity index (χ0) is 14.8. The van der Waals surface area contributed by atoms with Crippen molar-refractivity contribution in [3.63, 3.8) is 0 Å². The van der Waals surface area contributed by atoms with Crippen LogP contribution in [0.15, 0.2) is 18.2 Å². The normalized spacial score (nSPS) is 20.2. The Hall–Kier alpha value is -0.350. The average Bonchev–Trinajstić information content (AvgIpc) is 2.38. The Morgan fingerprint density at radius 2 is 2.05 bits per heavy atom. The van der Waals surface area contributed by atoms with E-state index < -0.39 is 6.10 Å². The summed E-state index contributed by atoms with van der Waals surface area (Å²) in [6.07, 6.45) is 2.46. The summed E-state index contributed by atoms with van der Waals surface area (Å²) in [6.45, 7) is 1.94. The summed E-state index contributed by atoms with van der Waals surface area (Å²) in [5.41, 5.74) is 0.785. The average molecular weight is 321 g/mol. The zero-order valence-corrected chi connectivity index (χ0v) is 13.1. The van der Waals surface area contributed by atoms with Crippen molar-refractivity contribution in [2.75, 3.05) is 13.2 Å². The van der Waals surface area contributed by atoms with Crippen LogP contribution in [-0.2, 0) is 5.41 Å². The van der Waals surface area contributed by atoms with E-state index in [1.54, 1.807) is 6.07 Å². The molecule has 0 aromatic heterocycles. The van der Waals surface area contributed by atoms with Gasteiger partial charge in [-0.25, -0.2) is 4.39 Å². The molecule has 0 bridgehead atoms. The summed E-state index contributed by atoms with van der Waals surface area (Å²) in [5, 5.41) is 13.5. The second kappa shape index (κ2) is 6.61. The Morgan fingerprint density at radius 3 is 2.55 bits per heavy atom. The predicted octanol–water partition coefficient (Wildman–Crippen LogP) is 2.70. The highest BCUT2D eigenvalue weighted by Gasteiger charge is 2.46. The standard InChI is InChI=1S/C15H20Cl2FNO/c1-10(8-18)19-9-14(20)15(5-2-6-15)11-3-4-12(16)13(17)7-11/h3-4,7,10,14,19-20H,2,5-6,8-9H2,1H3/p+1. The van der Waals surface area contributed by atoms with Gasteiger partial charge in [0.05, 0.1) is 10.0 Å². The van der Waals surface area contributed by atoms with Crippen molar-refractivity contribution < 1.29 is 14.8 Å². The van der Waals surface area contributed by atoms with Crippen molar-refractivity contribution >= 4 is 23.2 Å². The molecule has 0 amide bonds. The number of alkyl halides is 1. The summed E-state index contributed by atoms with van der Waals surface area (Å²) in [7, 11) is 0. The molecule has 1 aromatic carbocycles. The van der Waals surface area contributed by atoms with E-state index in [1.165, 1.54) is 0 Å². The smallest absolute Gasteiger partial charge is 0.141 e. The minimum Gasteiger partial charge on any atom is -0.386 e. The summed E-state index contributed by atoms with van der Waals surface area (Å²) in [5.74, 6) is 0. The van der Waals surface area contributed by atoms with Crippen LogP contribution < -0.4 is 5.32 Å². The molecule has 112 valence electrons. The van der Waals surface area contributed by atoms with E-state index in [9.17, 15) is 9.50 Å². The van der Waals surface area contributed by atoms with E-state index in [0.717, 1.165) is 24.8 Å². The minimum absolute atomic E-state index is 0.115. The maximum Gasteiger partial charge on any atom is 0.141 e. The molecule has 0 spiro atoms. The first-order chi connectivity index (χ1) is 9.49. The van der Waals surface area contributed by atoms with E-state index in [-0.39, 0.29) is 18.1 Å². The molecule has 2 unspecified atom stereocenters. The van der Waals surface area contributed by atoms with Crippen molar-refractivity contribution in [3.05, 3.63) is 33.8 Å². The van der Waals surface area contributed by atoms with Crippen LogP contribution in [0.25, 0.3) is 0 Å². The third kappa shape index (κ3) is 3.11. The first kappa shape index (κ1) is 16.0. The number of hydrogen-bond donors (Lipinski definition) is 2. The van der Waals surface area contributed by atoms with Gasteiger partial charge in [0.25, 0.3) is 0 Å². The van der Waals surface area contributed by atoms with Gasteiger partial charge in [-0.3, -0.25) is 0 Å². The molecule has 1 aliphatic rings. The van der Waals surface area contributed by atoms with Crippen molar-refractivity contribution in [1.82, 2.24) is 0 Å². The Kier molecular flexibility index (Phi) is 5.30. The number of hydrogen-bond acceptors (Lipinski definition) is 1. The maximum atomic E-state index is 12.5. The molecule has 1 saturated carbocycles. The SMILES string of the molecule is CC(CF)[NH2+]CC(O)C1(c2ccc(Cl)c(Cl)c2)CCC1. The molecule has 0 heterocycles. The summed E-state index contributed by atoms with van der Waals surface area (Å²) in [4.78, 5) is 0. The molecule has 1 fully saturated rings. The van der Waals surface area contributed by atoms with Crippen LogP contribution in [0.1, 0.15) is 31.7 Å². The van der Waals surface area contributed by atoms with Gasteiger partial charge in [-0.1, -0.05) is 35.7 Å². The Morgan fingerprint density at radius 1 is 1.35 bits per heavy atom. The van der Waals surface area contributed by atoms with Gasteiger partial charge in [0.1, 0.15) is 25.4 Å². The van der Waals surface area contributed by atoms with Crippen molar-refractivity contribution in [3.8, 4) is 0 Å². The Balaban J connectivity index is 2.14. The van der Waals surface area contributed by atoms with Crippen LogP contribution in [0.4, 0.5) is 4.39 Å². The monoisotopic (exact) mass is 320 g/mol. The summed E-state index contributed by atoms with van der Waals surface area (Å²) < 4.78 is 12.5. The molecule has 1 aliphatic carbocycles. The van der Waals surface area contributed by atoms with Crippen molar-refractivity contribution in [1.29, 1.82) is 0 Å². The van der Waals surface area contributed by atoms with Crippen LogP contribution in [0.2, 0.25) is 10.0 Å². The van der Waals surface area contributed by atoms with Gasteiger partial charge in [0.15, 0.2) is 0 Å². The lowest BCUT2D eigenvalue weighted by Gasteiger charge is -2.45. The summed E-state index contributed by atoms with van der Waals surface area (Å²) >= 11 is 12.0. The van der Waals surface area contributed by atoms with E-state index in [2.05, 4.69) is 0 Å². The number of nitrogens with two attached hydrogens (primary N) is 1. The van der Waals surface area contributed by atoms with Gasteiger partial charge in [-0.2, -0.15) is 0 Å². The van der Waals surface area contributed by atoms with E-state index in [4.69, 9.17) is 23.2 Å². The molecule has 2 rings (SSSR count). The first-order valence-corrected chi connectivity index (χ1v) is 7.78. The maximum absolute atomic E-state index is 12.5. The van der Waals surface area contributed by atoms with Crippen LogP contribution in [0.5, 0.6) is 0 Å². The lowest BCUT2D eigenvalue weighted by Crippen LogP contribution is -2.92. The van der Waals surface area contributed by atoms with Gasteiger partial charge in [0.2, 0.25) is 0 Å². The molecule has 3 N–H and O–H groups in total. The van der Waals surface area contributed by atoms with E-state index in [0.29, 0.717) is 16.6 Å². The number of aliphatic hydroxyl groups is 1. The highest BCUT2D eigenvalue weighted by atomic mass is 35.5. The Labute approximate surface area is 129 Å². The van der Waals surface area contributed by atoms with Gasteiger partial charge in [-0.15, -0.1) is 0 Å². The molecule has 1 aromatic rings. The highest BCUT2D eigenvalue weighted by molar-refractivity contribution is 6.42. The van der Waals surface area contributed by atoms with Gasteiger partial charge in [0, 0.05) is 5.41 Å². The molecule has 0 saturated heterocycles. The quantitative estimate of drug-likeness (QED) is 0.830. The fourth-order valence-corrected chi connectivity index (χ4v) is 3.13. The van der Waals surface area contributed by atoms with Gasteiger partial charge < -0.3 is 10.4 Å². The lowest BCUT2D eigenvalue weighted by molar-refractivity contribution is -0.693. The number of benzene rings is 1. The fourth-order valence-electron chi connectivity index (χ4n) is 2.83. The molecular weight excluding hydrogens is 300 g/mol. The lowest BCUT2D eigenvalue weighted by atomic mass is 9.61. The predicted molar refractivity (Wildman–Crippen MR) is 80.2 cm³/mol. The molecule has 5 heteroatoms. The third-order valence-corrected chi connectivity index (χ3v) is 5.12. The molecule has 20 heavy (non-hydrogen) atoms. The number of halogens is 3. The zero-order valence-electron chi connectivity index (χ0n) is 11.6. The van der Waals surface area contributed by atoms with Gasteiger partial charge >= 0.3 is 0 Å². The van der Waals surface area contributed by atoms with Crippen LogP contribution >= 0.6 is 23.2 Å². The number of quaternary nitrogens is 1. The molecule has 0 radical (unpaired) electrons. The van der Waals surface area contributed by atoms with E-state index >= 15 is 0 Å². The molecule has 2 atom stereocenters. The first-order valence-electron chi connectivity index (χ1n) is 7.02. The summed E-state index contributed by atoms with van der Waals surface area (Å²) in [6, 6.07) is 5.45. The fraction of sp³-hybridized carbons (Fsp3) is 0.600. The van der Waals surface area contributed by atoms with Crippen molar-refractivity contribution in [2.24, 2.45) is 0 Å². The third-order valence-electron chi connectivity index (χ3n) is 4.38. The second-order valence-electron chi connectivity index (χ2n) is 5.76. The van der Waals surface area contributed by atoms with E-state index in [1.807, 2.05) is 24.4 Å². The number of rotatable bonds is 6. The van der Waals surface area contributed by atoms with Gasteiger partial charge in [-0.05, 0) is 37.5 Å². The largest absolute Gasteiger partial charge is 0.386 e. The number of aliphatic hydroxyl groups excluding tert-OH is 1. The van der Waals surface area contributed by atoms with Crippen LogP contribution in [0, 0.1) is 0 Å². The Bertz CT molecular complexity index is 465. The molecule has 2 nitrogen and oxygen atoms in total. The topological polar surface area (TPSA) is 36.8 Å². The molecular formula is C15H21Cl2FNO+. The van der Waals surface area contributed by atoms with Crippen LogP contribution in [-0.4, -0.2) is 30.5 Å².